The highest BCUT2D eigenvalue weighted by Gasteiger charge is 2.16. The van der Waals surface area contributed by atoms with Gasteiger partial charge in [0.25, 0.3) is 5.69 Å². The predicted molar refractivity (Wildman–Crippen MR) is 111 cm³/mol. The topological polar surface area (TPSA) is 103 Å². The number of nitro benzene ring substituents is 1. The molecule has 10 heteroatoms. The summed E-state index contributed by atoms with van der Waals surface area (Å²) in [7, 11) is 0. The molecule has 2 aromatic heterocycles. The number of carbonyl (C=O) groups is 1. The molecule has 0 atom stereocenters. The van der Waals surface area contributed by atoms with Crippen LogP contribution in [0.3, 0.4) is 0 Å². The van der Waals surface area contributed by atoms with Crippen molar-refractivity contribution in [3.8, 4) is 11.4 Å². The zero-order valence-electron chi connectivity index (χ0n) is 15.0. The van der Waals surface area contributed by atoms with Crippen LogP contribution in [-0.2, 0) is 11.3 Å². The van der Waals surface area contributed by atoms with Crippen molar-refractivity contribution in [2.24, 2.45) is 0 Å². The molecule has 0 aliphatic carbocycles. The van der Waals surface area contributed by atoms with Crippen molar-refractivity contribution in [2.45, 2.75) is 18.6 Å². The number of hydrogen-bond acceptors (Lipinski definition) is 7. The molecule has 0 aliphatic heterocycles. The standard InChI is InChI=1S/C18H17N5O3S2/c1-3-8-22-17(13-9-12(2)27-10-13)20-21-18(22)28-11-16(24)19-14-4-6-15(7-5-14)23(25)26/h3-7,9-10H,1,8,11H2,2H3,(H,19,24). The molecule has 0 saturated carbocycles. The van der Waals surface area contributed by atoms with Crippen LogP contribution in [0.25, 0.3) is 11.4 Å². The molecule has 0 unspecified atom stereocenters. The van der Waals surface area contributed by atoms with Crippen LogP contribution in [0, 0.1) is 17.0 Å². The monoisotopic (exact) mass is 415 g/mol. The molecule has 0 radical (unpaired) electrons. The molecule has 1 amide bonds. The maximum atomic E-state index is 12.2. The number of allylic oxidation sites excluding steroid dienone is 1. The molecular formula is C18H17N5O3S2. The number of carbonyl (C=O) groups excluding carboxylic acids is 1. The fourth-order valence-corrected chi connectivity index (χ4v) is 3.89. The number of nitro groups is 1. The van der Waals surface area contributed by atoms with Gasteiger partial charge in [0.2, 0.25) is 5.91 Å². The normalized spacial score (nSPS) is 10.6. The zero-order chi connectivity index (χ0) is 20.1. The molecule has 144 valence electrons. The van der Waals surface area contributed by atoms with E-state index in [1.165, 1.54) is 40.9 Å². The molecule has 28 heavy (non-hydrogen) atoms. The number of thiophene rings is 1. The number of non-ortho nitro benzene ring substituents is 1. The highest BCUT2D eigenvalue weighted by Crippen LogP contribution is 2.27. The second-order valence-electron chi connectivity index (χ2n) is 5.79. The van der Waals surface area contributed by atoms with Crippen LogP contribution >= 0.6 is 23.1 Å². The predicted octanol–water partition coefficient (Wildman–Crippen LogP) is 4.14. The number of aryl methyl sites for hydroxylation is 1. The van der Waals surface area contributed by atoms with Gasteiger partial charge in [-0.3, -0.25) is 19.5 Å². The molecule has 1 aromatic carbocycles. The van der Waals surface area contributed by atoms with E-state index >= 15 is 0 Å². The van der Waals surface area contributed by atoms with E-state index in [9.17, 15) is 14.9 Å². The molecule has 8 nitrogen and oxygen atoms in total. The van der Waals surface area contributed by atoms with Gasteiger partial charge >= 0.3 is 0 Å². The largest absolute Gasteiger partial charge is 0.325 e. The number of nitrogens with one attached hydrogen (secondary N) is 1. The Balaban J connectivity index is 1.66. The molecular weight excluding hydrogens is 398 g/mol. The van der Waals surface area contributed by atoms with Gasteiger partial charge in [-0.15, -0.1) is 28.1 Å². The third kappa shape index (κ3) is 4.65. The molecule has 3 aromatic rings. The van der Waals surface area contributed by atoms with Gasteiger partial charge in [-0.25, -0.2) is 0 Å². The van der Waals surface area contributed by atoms with Crippen LogP contribution in [0.5, 0.6) is 0 Å². The van der Waals surface area contributed by atoms with E-state index in [4.69, 9.17) is 0 Å². The average molecular weight is 416 g/mol. The van der Waals surface area contributed by atoms with Crippen molar-refractivity contribution < 1.29 is 9.72 Å². The minimum atomic E-state index is -0.486. The van der Waals surface area contributed by atoms with E-state index in [-0.39, 0.29) is 17.3 Å². The Bertz CT molecular complexity index is 1010. The lowest BCUT2D eigenvalue weighted by Gasteiger charge is -2.07. The fraction of sp³-hybridized carbons (Fsp3) is 0.167. The number of nitrogens with zero attached hydrogens (tertiary/aromatic N) is 4. The van der Waals surface area contributed by atoms with Gasteiger partial charge in [0, 0.05) is 40.2 Å². The second kappa shape index (κ2) is 8.81. The first-order valence-electron chi connectivity index (χ1n) is 8.24. The van der Waals surface area contributed by atoms with Crippen molar-refractivity contribution in [2.75, 3.05) is 11.1 Å². The quantitative estimate of drug-likeness (QED) is 0.257. The maximum Gasteiger partial charge on any atom is 0.269 e. The molecule has 0 bridgehead atoms. The Morgan fingerprint density at radius 1 is 1.39 bits per heavy atom. The third-order valence-corrected chi connectivity index (χ3v) is 5.54. The SMILES string of the molecule is C=CCn1c(SCC(=O)Nc2ccc([N+](=O)[O-])cc2)nnc1-c1csc(C)c1. The Morgan fingerprint density at radius 3 is 2.75 bits per heavy atom. The zero-order valence-corrected chi connectivity index (χ0v) is 16.6. The number of thioether (sulfide) groups is 1. The van der Waals surface area contributed by atoms with Gasteiger partial charge in [0.1, 0.15) is 0 Å². The summed E-state index contributed by atoms with van der Waals surface area (Å²) in [5.41, 5.74) is 1.46. The molecule has 0 aliphatic rings. The van der Waals surface area contributed by atoms with Gasteiger partial charge in [-0.1, -0.05) is 17.8 Å². The van der Waals surface area contributed by atoms with Crippen molar-refractivity contribution in [3.63, 3.8) is 0 Å². The lowest BCUT2D eigenvalue weighted by molar-refractivity contribution is -0.384. The van der Waals surface area contributed by atoms with E-state index in [2.05, 4.69) is 22.1 Å². The molecule has 1 N–H and O–H groups in total. The molecule has 2 heterocycles. The second-order valence-corrected chi connectivity index (χ2v) is 7.85. The summed E-state index contributed by atoms with van der Waals surface area (Å²) in [6, 6.07) is 7.73. The lowest BCUT2D eigenvalue weighted by Crippen LogP contribution is -2.14. The minimum absolute atomic E-state index is 0.0268. The highest BCUT2D eigenvalue weighted by molar-refractivity contribution is 7.99. The maximum absolute atomic E-state index is 12.2. The summed E-state index contributed by atoms with van der Waals surface area (Å²) < 4.78 is 1.91. The fourth-order valence-electron chi connectivity index (χ4n) is 2.46. The van der Waals surface area contributed by atoms with Gasteiger partial charge in [-0.05, 0) is 25.1 Å². The summed E-state index contributed by atoms with van der Waals surface area (Å²) in [4.78, 5) is 23.6. The Morgan fingerprint density at radius 2 is 2.14 bits per heavy atom. The smallest absolute Gasteiger partial charge is 0.269 e. The third-order valence-electron chi connectivity index (χ3n) is 3.71. The Kier molecular flexibility index (Phi) is 6.22. The van der Waals surface area contributed by atoms with E-state index in [1.807, 2.05) is 22.9 Å². The van der Waals surface area contributed by atoms with Crippen molar-refractivity contribution in [1.29, 1.82) is 0 Å². The van der Waals surface area contributed by atoms with Gasteiger partial charge in [0.15, 0.2) is 11.0 Å². The van der Waals surface area contributed by atoms with Crippen LogP contribution in [0.2, 0.25) is 0 Å². The first kappa shape index (κ1) is 19.8. The average Bonchev–Trinajstić information content (AvgIpc) is 3.27. The summed E-state index contributed by atoms with van der Waals surface area (Å²) in [5.74, 6) is 0.636. The minimum Gasteiger partial charge on any atom is -0.325 e. The molecule has 0 saturated heterocycles. The van der Waals surface area contributed by atoms with E-state index in [1.54, 1.807) is 17.4 Å². The van der Waals surface area contributed by atoms with Crippen molar-refractivity contribution >= 4 is 40.4 Å². The first-order valence-corrected chi connectivity index (χ1v) is 10.1. The van der Waals surface area contributed by atoms with Gasteiger partial charge < -0.3 is 5.32 Å². The highest BCUT2D eigenvalue weighted by atomic mass is 32.2. The summed E-state index contributed by atoms with van der Waals surface area (Å²) in [6.45, 7) is 6.34. The van der Waals surface area contributed by atoms with Crippen LogP contribution in [0.1, 0.15) is 4.88 Å². The van der Waals surface area contributed by atoms with E-state index in [0.717, 1.165) is 11.4 Å². The summed E-state index contributed by atoms with van der Waals surface area (Å²) in [6.07, 6.45) is 1.76. The number of rotatable bonds is 8. The molecule has 0 spiro atoms. The lowest BCUT2D eigenvalue weighted by atomic mass is 10.3. The summed E-state index contributed by atoms with van der Waals surface area (Å²) >= 11 is 2.91. The number of amides is 1. The van der Waals surface area contributed by atoms with Gasteiger partial charge in [0.05, 0.1) is 10.7 Å². The van der Waals surface area contributed by atoms with Gasteiger partial charge in [-0.2, -0.15) is 0 Å². The molecule has 3 rings (SSSR count). The van der Waals surface area contributed by atoms with E-state index < -0.39 is 4.92 Å². The number of benzene rings is 1. The number of anilines is 1. The van der Waals surface area contributed by atoms with Crippen LogP contribution < -0.4 is 5.32 Å². The number of aromatic nitrogens is 3. The summed E-state index contributed by atoms with van der Waals surface area (Å²) in [5, 5.41) is 24.5. The van der Waals surface area contributed by atoms with Crippen LogP contribution in [0.4, 0.5) is 11.4 Å². The Labute approximate surface area is 169 Å². The van der Waals surface area contributed by atoms with Crippen LogP contribution in [0.15, 0.2) is 53.5 Å². The Hall–Kier alpha value is -2.98. The first-order chi connectivity index (χ1) is 13.5. The number of hydrogen-bond donors (Lipinski definition) is 1. The van der Waals surface area contributed by atoms with E-state index in [0.29, 0.717) is 17.4 Å². The van der Waals surface area contributed by atoms with Crippen LogP contribution in [-0.4, -0.2) is 31.3 Å². The molecule has 0 fully saturated rings. The van der Waals surface area contributed by atoms with Crippen molar-refractivity contribution in [3.05, 3.63) is 63.4 Å². The van der Waals surface area contributed by atoms with Crippen molar-refractivity contribution in [1.82, 2.24) is 14.8 Å².